The summed E-state index contributed by atoms with van der Waals surface area (Å²) >= 11 is 5.20. The third-order valence-electron chi connectivity index (χ3n) is 3.34. The van der Waals surface area contributed by atoms with E-state index in [1.807, 2.05) is 30.3 Å². The van der Waals surface area contributed by atoms with Crippen molar-refractivity contribution in [3.63, 3.8) is 0 Å². The van der Waals surface area contributed by atoms with Gasteiger partial charge in [0, 0.05) is 20.7 Å². The van der Waals surface area contributed by atoms with Gasteiger partial charge in [-0.2, -0.15) is 0 Å². The lowest BCUT2D eigenvalue weighted by Gasteiger charge is -2.13. The highest BCUT2D eigenvalue weighted by atomic mass is 79.9. The number of anilines is 1. The summed E-state index contributed by atoms with van der Waals surface area (Å²) in [6.45, 7) is 2.72. The molecule has 0 spiro atoms. The van der Waals surface area contributed by atoms with E-state index in [0.717, 1.165) is 15.9 Å². The Bertz CT molecular complexity index is 723. The topological polar surface area (TPSA) is 68.9 Å². The molecule has 0 fully saturated rings. The maximum atomic E-state index is 6.01. The lowest BCUT2D eigenvalue weighted by molar-refractivity contribution is 0.405. The predicted molar refractivity (Wildman–Crippen MR) is 109 cm³/mol. The second-order valence-corrected chi connectivity index (χ2v) is 7.73. The van der Waals surface area contributed by atoms with Crippen LogP contribution in [0.15, 0.2) is 56.8 Å². The van der Waals surface area contributed by atoms with Crippen LogP contribution in [0.3, 0.4) is 0 Å². The standard InChI is InChI=1S/C18H22BrN3O2S/c1-12(25-15-7-4-13(19)5-8-15)11-21-18(20)22-16-10-14(23-2)6-9-17(16)24-3/h4-10,12H,11H2,1-3H3,(H3,20,21,22). The van der Waals surface area contributed by atoms with E-state index in [9.17, 15) is 0 Å². The van der Waals surface area contributed by atoms with Gasteiger partial charge in [-0.3, -0.25) is 4.99 Å². The van der Waals surface area contributed by atoms with E-state index in [-0.39, 0.29) is 0 Å². The van der Waals surface area contributed by atoms with Crippen molar-refractivity contribution in [2.45, 2.75) is 17.1 Å². The van der Waals surface area contributed by atoms with Crippen molar-refractivity contribution in [2.24, 2.45) is 10.7 Å². The van der Waals surface area contributed by atoms with Crippen LogP contribution in [-0.2, 0) is 0 Å². The first-order valence-electron chi connectivity index (χ1n) is 7.73. The Hall–Kier alpha value is -1.86. The van der Waals surface area contributed by atoms with Gasteiger partial charge in [0.1, 0.15) is 11.5 Å². The van der Waals surface area contributed by atoms with Gasteiger partial charge in [-0.15, -0.1) is 11.8 Å². The molecular formula is C18H22BrN3O2S. The Morgan fingerprint density at radius 3 is 2.56 bits per heavy atom. The van der Waals surface area contributed by atoms with Crippen LogP contribution in [0.25, 0.3) is 0 Å². The molecule has 0 aliphatic heterocycles. The molecule has 0 heterocycles. The average Bonchev–Trinajstić information content (AvgIpc) is 2.62. The molecule has 0 aliphatic rings. The number of methoxy groups -OCH3 is 2. The summed E-state index contributed by atoms with van der Waals surface area (Å²) in [4.78, 5) is 5.62. The van der Waals surface area contributed by atoms with Gasteiger partial charge in [-0.05, 0) is 36.4 Å². The number of halogens is 1. The highest BCUT2D eigenvalue weighted by Gasteiger charge is 2.08. The van der Waals surface area contributed by atoms with E-state index in [4.69, 9.17) is 15.2 Å². The highest BCUT2D eigenvalue weighted by Crippen LogP contribution is 2.29. The van der Waals surface area contributed by atoms with Crippen LogP contribution in [0.1, 0.15) is 6.92 Å². The molecule has 0 aliphatic carbocycles. The molecule has 5 nitrogen and oxygen atoms in total. The van der Waals surface area contributed by atoms with Crippen molar-refractivity contribution < 1.29 is 9.47 Å². The van der Waals surface area contributed by atoms with Crippen molar-refractivity contribution >= 4 is 39.3 Å². The Kier molecular flexibility index (Phi) is 7.46. The molecule has 0 saturated heterocycles. The van der Waals surface area contributed by atoms with Gasteiger partial charge in [0.2, 0.25) is 0 Å². The Balaban J connectivity index is 1.95. The molecule has 0 bridgehead atoms. The zero-order valence-corrected chi connectivity index (χ0v) is 16.9. The number of ether oxygens (including phenoxy) is 2. The third-order valence-corrected chi connectivity index (χ3v) is 4.96. The van der Waals surface area contributed by atoms with Crippen molar-refractivity contribution in [1.82, 2.24) is 0 Å². The number of benzene rings is 2. The predicted octanol–water partition coefficient (Wildman–Crippen LogP) is 4.37. The number of nitrogens with zero attached hydrogens (tertiary/aromatic N) is 1. The summed E-state index contributed by atoms with van der Waals surface area (Å²) in [7, 11) is 3.22. The van der Waals surface area contributed by atoms with Crippen molar-refractivity contribution in [1.29, 1.82) is 0 Å². The normalized spacial score (nSPS) is 12.6. The molecule has 0 radical (unpaired) electrons. The van der Waals surface area contributed by atoms with Crippen LogP contribution in [0, 0.1) is 0 Å². The summed E-state index contributed by atoms with van der Waals surface area (Å²) in [5, 5.41) is 3.37. The summed E-state index contributed by atoms with van der Waals surface area (Å²) < 4.78 is 11.6. The summed E-state index contributed by atoms with van der Waals surface area (Å²) in [5.41, 5.74) is 6.73. The molecule has 2 aromatic rings. The zero-order valence-electron chi connectivity index (χ0n) is 14.5. The van der Waals surface area contributed by atoms with Crippen LogP contribution in [-0.4, -0.2) is 32.0 Å². The fourth-order valence-electron chi connectivity index (χ4n) is 2.10. The second kappa shape index (κ2) is 9.58. The molecule has 2 aromatic carbocycles. The molecule has 0 saturated carbocycles. The number of hydrogen-bond donors (Lipinski definition) is 2. The number of hydrogen-bond acceptors (Lipinski definition) is 4. The minimum atomic E-state index is 0.300. The number of nitrogens with two attached hydrogens (primary N) is 1. The van der Waals surface area contributed by atoms with Crippen LogP contribution < -0.4 is 20.5 Å². The van der Waals surface area contributed by atoms with Gasteiger partial charge in [0.15, 0.2) is 5.96 Å². The summed E-state index contributed by atoms with van der Waals surface area (Å²) in [6, 6.07) is 13.7. The van der Waals surface area contributed by atoms with Crippen molar-refractivity contribution in [3.05, 3.63) is 46.9 Å². The SMILES string of the molecule is COc1ccc(OC)c(NC(N)=NCC(C)Sc2ccc(Br)cc2)c1. The van der Waals surface area contributed by atoms with Crippen LogP contribution in [0.2, 0.25) is 0 Å². The molecule has 7 heteroatoms. The fraction of sp³-hybridized carbons (Fsp3) is 0.278. The molecule has 25 heavy (non-hydrogen) atoms. The summed E-state index contributed by atoms with van der Waals surface area (Å²) in [5.74, 6) is 1.74. The molecule has 134 valence electrons. The maximum absolute atomic E-state index is 6.01. The summed E-state index contributed by atoms with van der Waals surface area (Å²) in [6.07, 6.45) is 0. The highest BCUT2D eigenvalue weighted by molar-refractivity contribution is 9.10. The van der Waals surface area contributed by atoms with Crippen LogP contribution >= 0.6 is 27.7 Å². The number of rotatable bonds is 7. The van der Waals surface area contributed by atoms with E-state index in [1.165, 1.54) is 4.90 Å². The average molecular weight is 424 g/mol. The Morgan fingerprint density at radius 2 is 1.92 bits per heavy atom. The molecule has 2 rings (SSSR count). The number of nitrogens with one attached hydrogen (secondary N) is 1. The van der Waals surface area contributed by atoms with Crippen LogP contribution in [0.4, 0.5) is 5.69 Å². The molecule has 3 N–H and O–H groups in total. The van der Waals surface area contributed by atoms with Gasteiger partial charge in [-0.1, -0.05) is 22.9 Å². The van der Waals surface area contributed by atoms with Gasteiger partial charge < -0.3 is 20.5 Å². The lowest BCUT2D eigenvalue weighted by Crippen LogP contribution is -2.24. The first-order valence-corrected chi connectivity index (χ1v) is 9.40. The van der Waals surface area contributed by atoms with Gasteiger partial charge in [0.05, 0.1) is 26.5 Å². The van der Waals surface area contributed by atoms with Crippen molar-refractivity contribution in [2.75, 3.05) is 26.1 Å². The number of aliphatic imine (C=N–C) groups is 1. The van der Waals surface area contributed by atoms with E-state index >= 15 is 0 Å². The number of thioether (sulfide) groups is 1. The molecule has 1 atom stereocenters. The Morgan fingerprint density at radius 1 is 1.20 bits per heavy atom. The minimum Gasteiger partial charge on any atom is -0.497 e. The first kappa shape index (κ1) is 19.5. The molecular weight excluding hydrogens is 402 g/mol. The van der Waals surface area contributed by atoms with Crippen molar-refractivity contribution in [3.8, 4) is 11.5 Å². The first-order chi connectivity index (χ1) is 12.0. The van der Waals surface area contributed by atoms with Gasteiger partial charge in [0.25, 0.3) is 0 Å². The third kappa shape index (κ3) is 6.17. The van der Waals surface area contributed by atoms with E-state index in [0.29, 0.717) is 23.5 Å². The quantitative estimate of drug-likeness (QED) is 0.392. The van der Waals surface area contributed by atoms with Crippen LogP contribution in [0.5, 0.6) is 11.5 Å². The van der Waals surface area contributed by atoms with E-state index < -0.39 is 0 Å². The maximum Gasteiger partial charge on any atom is 0.193 e. The fourth-order valence-corrected chi connectivity index (χ4v) is 3.27. The monoisotopic (exact) mass is 423 g/mol. The Labute approximate surface area is 161 Å². The van der Waals surface area contributed by atoms with Gasteiger partial charge >= 0.3 is 0 Å². The number of guanidine groups is 1. The van der Waals surface area contributed by atoms with E-state index in [2.05, 4.69) is 45.3 Å². The minimum absolute atomic E-state index is 0.300. The van der Waals surface area contributed by atoms with Gasteiger partial charge in [-0.25, -0.2) is 0 Å². The molecule has 1 unspecified atom stereocenters. The lowest BCUT2D eigenvalue weighted by atomic mass is 10.2. The smallest absolute Gasteiger partial charge is 0.193 e. The van der Waals surface area contributed by atoms with E-state index in [1.54, 1.807) is 26.0 Å². The largest absolute Gasteiger partial charge is 0.497 e. The second-order valence-electron chi connectivity index (χ2n) is 5.30. The zero-order chi connectivity index (χ0) is 18.2. The molecule has 0 amide bonds. The molecule has 0 aromatic heterocycles.